The Bertz CT molecular complexity index is 799. The minimum Gasteiger partial charge on any atom is -0.445 e. The SMILES string of the molecule is O=C(NC[C@@H](F)CCS(=O)(=O)OCc1ccccc1)OCc1ccccc1. The number of benzene rings is 2. The van der Waals surface area contributed by atoms with Gasteiger partial charge in [-0.1, -0.05) is 60.7 Å². The second-order valence-electron chi connectivity index (χ2n) is 5.84. The van der Waals surface area contributed by atoms with E-state index in [-0.39, 0.29) is 26.2 Å². The van der Waals surface area contributed by atoms with Crippen molar-refractivity contribution in [3.8, 4) is 0 Å². The standard InChI is InChI=1S/C19H22FNO5S/c20-18(13-21-19(22)25-14-16-7-3-1-4-8-16)11-12-27(23,24)26-15-17-9-5-2-6-10-17/h1-10,18H,11-15H2,(H,21,22)/t18-/m0/s1. The third kappa shape index (κ3) is 8.65. The van der Waals surface area contributed by atoms with E-state index >= 15 is 0 Å². The summed E-state index contributed by atoms with van der Waals surface area (Å²) in [5.74, 6) is -0.470. The molecule has 2 aromatic carbocycles. The molecule has 0 saturated carbocycles. The number of ether oxygens (including phenoxy) is 1. The summed E-state index contributed by atoms with van der Waals surface area (Å²) in [6.45, 7) is -0.350. The van der Waals surface area contributed by atoms with Crippen molar-refractivity contribution in [1.82, 2.24) is 5.32 Å². The lowest BCUT2D eigenvalue weighted by molar-refractivity contribution is 0.136. The molecule has 0 fully saturated rings. The van der Waals surface area contributed by atoms with Gasteiger partial charge in [-0.25, -0.2) is 9.18 Å². The van der Waals surface area contributed by atoms with Crippen LogP contribution in [0.25, 0.3) is 0 Å². The molecule has 0 aliphatic carbocycles. The number of halogens is 1. The van der Waals surface area contributed by atoms with Crippen molar-refractivity contribution in [1.29, 1.82) is 0 Å². The summed E-state index contributed by atoms with van der Waals surface area (Å²) < 4.78 is 47.3. The molecule has 0 saturated heterocycles. The zero-order valence-corrected chi connectivity index (χ0v) is 15.5. The summed E-state index contributed by atoms with van der Waals surface area (Å²) in [6, 6.07) is 17.9. The molecule has 6 nitrogen and oxygen atoms in total. The largest absolute Gasteiger partial charge is 0.445 e. The number of carbonyl (C=O) groups excluding carboxylic acids is 1. The number of alkyl halides is 1. The molecule has 0 spiro atoms. The number of rotatable bonds is 10. The van der Waals surface area contributed by atoms with Crippen LogP contribution >= 0.6 is 0 Å². The first-order chi connectivity index (χ1) is 12.9. The number of hydrogen-bond acceptors (Lipinski definition) is 5. The number of hydrogen-bond donors (Lipinski definition) is 1. The second-order valence-corrected chi connectivity index (χ2v) is 7.60. The lowest BCUT2D eigenvalue weighted by Gasteiger charge is -2.11. The summed E-state index contributed by atoms with van der Waals surface area (Å²) in [7, 11) is -3.84. The van der Waals surface area contributed by atoms with Gasteiger partial charge in [-0.3, -0.25) is 4.18 Å². The van der Waals surface area contributed by atoms with Crippen molar-refractivity contribution in [2.45, 2.75) is 25.8 Å². The molecular weight excluding hydrogens is 373 g/mol. The minimum atomic E-state index is -3.84. The van der Waals surface area contributed by atoms with Gasteiger partial charge in [0.25, 0.3) is 10.1 Å². The summed E-state index contributed by atoms with van der Waals surface area (Å²) in [5, 5.41) is 2.27. The summed E-state index contributed by atoms with van der Waals surface area (Å²) in [5.41, 5.74) is 1.52. The van der Waals surface area contributed by atoms with E-state index in [2.05, 4.69) is 5.32 Å². The van der Waals surface area contributed by atoms with Crippen molar-refractivity contribution in [2.75, 3.05) is 12.3 Å². The number of alkyl carbamates (subject to hydrolysis) is 1. The molecule has 146 valence electrons. The molecule has 2 aromatic rings. The molecule has 2 rings (SSSR count). The fraction of sp³-hybridized carbons (Fsp3) is 0.316. The quantitative estimate of drug-likeness (QED) is 0.625. The first-order valence-electron chi connectivity index (χ1n) is 8.44. The molecule has 0 heterocycles. The van der Waals surface area contributed by atoms with Crippen LogP contribution in [0.5, 0.6) is 0 Å². The fourth-order valence-corrected chi connectivity index (χ4v) is 3.11. The van der Waals surface area contributed by atoms with Crippen LogP contribution in [0.2, 0.25) is 0 Å². The highest BCUT2D eigenvalue weighted by Crippen LogP contribution is 2.08. The monoisotopic (exact) mass is 395 g/mol. The fourth-order valence-electron chi connectivity index (χ4n) is 2.13. The molecular formula is C19H22FNO5S. The van der Waals surface area contributed by atoms with Gasteiger partial charge in [-0.2, -0.15) is 8.42 Å². The van der Waals surface area contributed by atoms with Gasteiger partial charge in [0.2, 0.25) is 0 Å². The van der Waals surface area contributed by atoms with Gasteiger partial charge >= 0.3 is 6.09 Å². The Morgan fingerprint density at radius 2 is 1.52 bits per heavy atom. The van der Waals surface area contributed by atoms with E-state index in [0.29, 0.717) is 5.56 Å². The van der Waals surface area contributed by atoms with Crippen molar-refractivity contribution >= 4 is 16.2 Å². The lowest BCUT2D eigenvalue weighted by atomic mass is 10.2. The van der Waals surface area contributed by atoms with Gasteiger partial charge in [0.05, 0.1) is 18.9 Å². The molecule has 0 aromatic heterocycles. The third-order valence-electron chi connectivity index (χ3n) is 3.61. The van der Waals surface area contributed by atoms with Crippen LogP contribution in [-0.4, -0.2) is 33.0 Å². The lowest BCUT2D eigenvalue weighted by Crippen LogP contribution is -2.31. The molecule has 0 aliphatic rings. The Balaban J connectivity index is 1.63. The van der Waals surface area contributed by atoms with E-state index in [0.717, 1.165) is 5.56 Å². The molecule has 0 aliphatic heterocycles. The summed E-state index contributed by atoms with van der Waals surface area (Å²) in [6.07, 6.45) is -2.56. The van der Waals surface area contributed by atoms with Crippen LogP contribution in [0.15, 0.2) is 60.7 Å². The maximum atomic E-state index is 13.8. The number of amides is 1. The smallest absolute Gasteiger partial charge is 0.407 e. The average Bonchev–Trinajstić information content (AvgIpc) is 2.69. The number of carbonyl (C=O) groups is 1. The van der Waals surface area contributed by atoms with E-state index in [4.69, 9.17) is 8.92 Å². The van der Waals surface area contributed by atoms with Gasteiger partial charge in [-0.15, -0.1) is 0 Å². The van der Waals surface area contributed by atoms with Crippen molar-refractivity contribution in [3.05, 3.63) is 71.8 Å². The molecule has 1 atom stereocenters. The summed E-state index contributed by atoms with van der Waals surface area (Å²) in [4.78, 5) is 11.5. The molecule has 0 bridgehead atoms. The molecule has 1 amide bonds. The normalized spacial score (nSPS) is 12.3. The number of nitrogens with one attached hydrogen (secondary N) is 1. The van der Waals surface area contributed by atoms with Crippen LogP contribution in [0.1, 0.15) is 17.5 Å². The van der Waals surface area contributed by atoms with Crippen LogP contribution in [0, 0.1) is 0 Å². The Morgan fingerprint density at radius 3 is 2.11 bits per heavy atom. The van der Waals surface area contributed by atoms with Crippen LogP contribution < -0.4 is 5.32 Å². The highest BCUT2D eigenvalue weighted by Gasteiger charge is 2.17. The highest BCUT2D eigenvalue weighted by molar-refractivity contribution is 7.86. The topological polar surface area (TPSA) is 81.7 Å². The van der Waals surface area contributed by atoms with E-state index < -0.39 is 28.1 Å². The Morgan fingerprint density at radius 1 is 0.963 bits per heavy atom. The minimum absolute atomic E-state index is 0.0747. The van der Waals surface area contributed by atoms with Gasteiger partial charge in [0, 0.05) is 0 Å². The Hall–Kier alpha value is -2.45. The predicted octanol–water partition coefficient (Wildman–Crippen LogP) is 3.19. The van der Waals surface area contributed by atoms with Gasteiger partial charge in [0.1, 0.15) is 12.8 Å². The maximum absolute atomic E-state index is 13.8. The van der Waals surface area contributed by atoms with E-state index in [9.17, 15) is 17.6 Å². The molecule has 0 radical (unpaired) electrons. The molecule has 1 N–H and O–H groups in total. The Kier molecular flexibility index (Phi) is 8.22. The summed E-state index contributed by atoms with van der Waals surface area (Å²) >= 11 is 0. The van der Waals surface area contributed by atoms with Crippen molar-refractivity contribution in [3.63, 3.8) is 0 Å². The van der Waals surface area contributed by atoms with Crippen LogP contribution in [0.4, 0.5) is 9.18 Å². The van der Waals surface area contributed by atoms with E-state index in [1.54, 1.807) is 36.4 Å². The maximum Gasteiger partial charge on any atom is 0.407 e. The van der Waals surface area contributed by atoms with Gasteiger partial charge < -0.3 is 10.1 Å². The zero-order valence-electron chi connectivity index (χ0n) is 14.7. The first-order valence-corrected chi connectivity index (χ1v) is 10.0. The van der Waals surface area contributed by atoms with Crippen LogP contribution in [-0.2, 0) is 32.3 Å². The van der Waals surface area contributed by atoms with Gasteiger partial charge in [0.15, 0.2) is 0 Å². The Labute approximate surface area is 158 Å². The predicted molar refractivity (Wildman–Crippen MR) is 99.2 cm³/mol. The first kappa shape index (κ1) is 20.9. The molecule has 0 unspecified atom stereocenters. The second kappa shape index (κ2) is 10.6. The zero-order chi connectivity index (χ0) is 19.5. The van der Waals surface area contributed by atoms with E-state index in [1.807, 2.05) is 24.3 Å². The molecule has 27 heavy (non-hydrogen) atoms. The highest BCUT2D eigenvalue weighted by atomic mass is 32.2. The van der Waals surface area contributed by atoms with Crippen molar-refractivity contribution in [2.24, 2.45) is 0 Å². The van der Waals surface area contributed by atoms with E-state index in [1.165, 1.54) is 0 Å². The molecule has 8 heteroatoms. The van der Waals surface area contributed by atoms with Crippen LogP contribution in [0.3, 0.4) is 0 Å². The average molecular weight is 395 g/mol. The third-order valence-corrected chi connectivity index (χ3v) is 4.82. The van der Waals surface area contributed by atoms with Gasteiger partial charge in [-0.05, 0) is 17.5 Å². The van der Waals surface area contributed by atoms with Crippen molar-refractivity contribution < 1.29 is 26.5 Å².